The third-order valence-corrected chi connectivity index (χ3v) is 2.59. The van der Waals surface area contributed by atoms with Crippen molar-refractivity contribution in [1.82, 2.24) is 10.3 Å². The molecule has 1 aromatic heterocycles. The number of hydrogen-bond acceptors (Lipinski definition) is 5. The van der Waals surface area contributed by atoms with Gasteiger partial charge < -0.3 is 19.5 Å². The molecule has 1 rings (SSSR count). The Morgan fingerprint density at radius 1 is 1.15 bits per heavy atom. The molecule has 0 amide bonds. The van der Waals surface area contributed by atoms with Gasteiger partial charge in [-0.1, -0.05) is 19.9 Å². The highest BCUT2D eigenvalue weighted by atomic mass is 16.5. The van der Waals surface area contributed by atoms with Crippen LogP contribution < -0.4 is 10.1 Å². The van der Waals surface area contributed by atoms with E-state index >= 15 is 0 Å². The van der Waals surface area contributed by atoms with Crippen LogP contribution in [-0.2, 0) is 16.0 Å². The van der Waals surface area contributed by atoms with Gasteiger partial charge in [0.15, 0.2) is 0 Å². The Kier molecular flexibility index (Phi) is 8.95. The molecule has 5 nitrogen and oxygen atoms in total. The summed E-state index contributed by atoms with van der Waals surface area (Å²) in [6, 6.07) is 6.29. The van der Waals surface area contributed by atoms with E-state index in [1.807, 2.05) is 18.2 Å². The average Bonchev–Trinajstić information content (AvgIpc) is 2.45. The second-order valence-electron chi connectivity index (χ2n) is 4.81. The number of methoxy groups -OCH3 is 1. The predicted molar refractivity (Wildman–Crippen MR) is 79.0 cm³/mol. The van der Waals surface area contributed by atoms with Crippen LogP contribution in [-0.4, -0.2) is 44.6 Å². The molecule has 20 heavy (non-hydrogen) atoms. The molecule has 0 aliphatic carbocycles. The van der Waals surface area contributed by atoms with Gasteiger partial charge in [-0.3, -0.25) is 0 Å². The summed E-state index contributed by atoms with van der Waals surface area (Å²) in [5, 5.41) is 3.34. The molecule has 0 aliphatic heterocycles. The standard InChI is InChI=1S/C15H26N2O3/c1-13(2)16-12-14-6-4-7-15(17-14)20-9-5-8-19-11-10-18-3/h4,6-7,13,16H,5,8-12H2,1-3H3. The van der Waals surface area contributed by atoms with Crippen molar-refractivity contribution in [3.63, 3.8) is 0 Å². The molecule has 5 heteroatoms. The van der Waals surface area contributed by atoms with Crippen LogP contribution in [0.1, 0.15) is 26.0 Å². The maximum absolute atomic E-state index is 5.61. The summed E-state index contributed by atoms with van der Waals surface area (Å²) in [6.07, 6.45) is 0.847. The quantitative estimate of drug-likeness (QED) is 0.629. The topological polar surface area (TPSA) is 52.6 Å². The molecule has 0 fully saturated rings. The lowest BCUT2D eigenvalue weighted by molar-refractivity contribution is 0.0642. The van der Waals surface area contributed by atoms with Crippen LogP contribution in [0.25, 0.3) is 0 Å². The monoisotopic (exact) mass is 282 g/mol. The smallest absolute Gasteiger partial charge is 0.213 e. The van der Waals surface area contributed by atoms with Crippen LogP contribution in [0, 0.1) is 0 Å². The van der Waals surface area contributed by atoms with Gasteiger partial charge in [-0.15, -0.1) is 0 Å². The normalized spacial score (nSPS) is 11.0. The second kappa shape index (κ2) is 10.6. The lowest BCUT2D eigenvalue weighted by Crippen LogP contribution is -2.22. The van der Waals surface area contributed by atoms with E-state index in [4.69, 9.17) is 14.2 Å². The highest BCUT2D eigenvalue weighted by molar-refractivity contribution is 5.15. The summed E-state index contributed by atoms with van der Waals surface area (Å²) < 4.78 is 15.9. The number of ether oxygens (including phenoxy) is 3. The van der Waals surface area contributed by atoms with Crippen molar-refractivity contribution in [1.29, 1.82) is 0 Å². The second-order valence-corrected chi connectivity index (χ2v) is 4.81. The highest BCUT2D eigenvalue weighted by Gasteiger charge is 2.00. The minimum Gasteiger partial charge on any atom is -0.478 e. The van der Waals surface area contributed by atoms with Crippen LogP contribution >= 0.6 is 0 Å². The number of aromatic nitrogens is 1. The van der Waals surface area contributed by atoms with Crippen LogP contribution in [0.4, 0.5) is 0 Å². The van der Waals surface area contributed by atoms with Gasteiger partial charge in [0.1, 0.15) is 0 Å². The van der Waals surface area contributed by atoms with Crippen LogP contribution in [0.15, 0.2) is 18.2 Å². The molecule has 1 heterocycles. The van der Waals surface area contributed by atoms with E-state index in [1.165, 1.54) is 0 Å². The molecular weight excluding hydrogens is 256 g/mol. The number of rotatable bonds is 11. The molecular formula is C15H26N2O3. The summed E-state index contributed by atoms with van der Waals surface area (Å²) >= 11 is 0. The highest BCUT2D eigenvalue weighted by Crippen LogP contribution is 2.08. The van der Waals surface area contributed by atoms with Crippen molar-refractivity contribution in [2.24, 2.45) is 0 Å². The van der Waals surface area contributed by atoms with E-state index in [9.17, 15) is 0 Å². The maximum Gasteiger partial charge on any atom is 0.213 e. The average molecular weight is 282 g/mol. The van der Waals surface area contributed by atoms with E-state index in [2.05, 4.69) is 24.1 Å². The van der Waals surface area contributed by atoms with Gasteiger partial charge in [-0.05, 0) is 6.07 Å². The molecule has 1 aromatic rings. The minimum absolute atomic E-state index is 0.450. The Hall–Kier alpha value is -1.17. The molecule has 0 bridgehead atoms. The Morgan fingerprint density at radius 3 is 2.75 bits per heavy atom. The zero-order valence-corrected chi connectivity index (χ0v) is 12.7. The fourth-order valence-electron chi connectivity index (χ4n) is 1.53. The SMILES string of the molecule is COCCOCCCOc1cccc(CNC(C)C)n1. The first-order valence-electron chi connectivity index (χ1n) is 7.11. The van der Waals surface area contributed by atoms with Gasteiger partial charge in [0.05, 0.1) is 25.5 Å². The molecule has 114 valence electrons. The first kappa shape index (κ1) is 16.9. The summed E-state index contributed by atoms with van der Waals surface area (Å²) in [6.45, 7) is 7.54. The van der Waals surface area contributed by atoms with Crippen molar-refractivity contribution in [3.8, 4) is 5.88 Å². The molecule has 0 unspecified atom stereocenters. The Morgan fingerprint density at radius 2 is 2.00 bits per heavy atom. The fourth-order valence-corrected chi connectivity index (χ4v) is 1.53. The van der Waals surface area contributed by atoms with Crippen molar-refractivity contribution < 1.29 is 14.2 Å². The summed E-state index contributed by atoms with van der Waals surface area (Å²) in [7, 11) is 1.67. The fraction of sp³-hybridized carbons (Fsp3) is 0.667. The van der Waals surface area contributed by atoms with Crippen molar-refractivity contribution in [3.05, 3.63) is 23.9 Å². The molecule has 0 saturated heterocycles. The van der Waals surface area contributed by atoms with Gasteiger partial charge >= 0.3 is 0 Å². The van der Waals surface area contributed by atoms with Crippen molar-refractivity contribution in [2.75, 3.05) is 33.5 Å². The minimum atomic E-state index is 0.450. The largest absolute Gasteiger partial charge is 0.478 e. The van der Waals surface area contributed by atoms with E-state index in [0.717, 1.165) is 18.7 Å². The van der Waals surface area contributed by atoms with Crippen LogP contribution in [0.2, 0.25) is 0 Å². The first-order chi connectivity index (χ1) is 9.72. The third-order valence-electron chi connectivity index (χ3n) is 2.59. The van der Waals surface area contributed by atoms with Crippen molar-refractivity contribution >= 4 is 0 Å². The summed E-state index contributed by atoms with van der Waals surface area (Å²) in [4.78, 5) is 4.45. The summed E-state index contributed by atoms with van der Waals surface area (Å²) in [5.41, 5.74) is 0.993. The zero-order valence-electron chi connectivity index (χ0n) is 12.7. The van der Waals surface area contributed by atoms with Gasteiger partial charge in [-0.2, -0.15) is 0 Å². The lowest BCUT2D eigenvalue weighted by Gasteiger charge is -2.09. The summed E-state index contributed by atoms with van der Waals surface area (Å²) in [5.74, 6) is 0.671. The molecule has 0 saturated carbocycles. The molecule has 0 aliphatic rings. The van der Waals surface area contributed by atoms with Gasteiger partial charge in [0, 0.05) is 38.8 Å². The number of pyridine rings is 1. The predicted octanol–water partition coefficient (Wildman–Crippen LogP) is 2.01. The lowest BCUT2D eigenvalue weighted by atomic mass is 10.3. The van der Waals surface area contributed by atoms with Crippen LogP contribution in [0.3, 0.4) is 0 Å². The van der Waals surface area contributed by atoms with E-state index < -0.39 is 0 Å². The molecule has 0 spiro atoms. The molecule has 0 atom stereocenters. The molecule has 1 N–H and O–H groups in total. The van der Waals surface area contributed by atoms with Crippen LogP contribution in [0.5, 0.6) is 5.88 Å². The van der Waals surface area contributed by atoms with E-state index in [0.29, 0.717) is 38.3 Å². The van der Waals surface area contributed by atoms with E-state index in [1.54, 1.807) is 7.11 Å². The number of hydrogen-bond donors (Lipinski definition) is 1. The zero-order chi connectivity index (χ0) is 14.6. The van der Waals surface area contributed by atoms with Gasteiger partial charge in [0.2, 0.25) is 5.88 Å². The first-order valence-corrected chi connectivity index (χ1v) is 7.11. The Bertz CT molecular complexity index is 359. The Balaban J connectivity index is 2.18. The number of nitrogens with zero attached hydrogens (tertiary/aromatic N) is 1. The Labute approximate surface area is 121 Å². The third kappa shape index (κ3) is 8.09. The van der Waals surface area contributed by atoms with Crippen molar-refractivity contribution in [2.45, 2.75) is 32.9 Å². The van der Waals surface area contributed by atoms with E-state index in [-0.39, 0.29) is 0 Å². The number of nitrogens with one attached hydrogen (secondary N) is 1. The molecule has 0 aromatic carbocycles. The maximum atomic E-state index is 5.61. The van der Waals surface area contributed by atoms with Gasteiger partial charge in [0.25, 0.3) is 0 Å². The molecule has 0 radical (unpaired) electrons. The van der Waals surface area contributed by atoms with Gasteiger partial charge in [-0.25, -0.2) is 4.98 Å².